The Morgan fingerprint density at radius 3 is 2.48 bits per heavy atom. The number of hydrogen-bond donors (Lipinski definition) is 0. The Balaban J connectivity index is 1.63. The maximum atomic E-state index is 13.4. The summed E-state index contributed by atoms with van der Waals surface area (Å²) in [6.45, 7) is 1.75. The molecule has 0 amide bonds. The van der Waals surface area contributed by atoms with Crippen LogP contribution < -0.4 is 11.1 Å². The van der Waals surface area contributed by atoms with Gasteiger partial charge in [0.2, 0.25) is 5.43 Å². The minimum Gasteiger partial charge on any atom is -0.460 e. The van der Waals surface area contributed by atoms with Crippen molar-refractivity contribution in [3.05, 3.63) is 98.2 Å². The van der Waals surface area contributed by atoms with Gasteiger partial charge in [0.15, 0.2) is 0 Å². The second-order valence-corrected chi connectivity index (χ2v) is 9.12. The smallest absolute Gasteiger partial charge is 0.346 e. The molecule has 3 heterocycles. The summed E-state index contributed by atoms with van der Waals surface area (Å²) in [5.41, 5.74) is 2.41. The number of para-hydroxylation sites is 1. The lowest BCUT2D eigenvalue weighted by Crippen LogP contribution is -2.08. The van der Waals surface area contributed by atoms with Gasteiger partial charge in [-0.1, -0.05) is 35.9 Å². The standard InChI is InChI=1S/C26H14ClNO4S/c1-13-22(14-6-8-15(27)9-7-14)23(29)16-10-11-20-17(24(16)31-13)12-18(26(30)32-20)25-28-19-4-2-3-5-21(19)33-25/h2-12H,1H3. The molecule has 0 atom stereocenters. The molecular formula is C26H14ClNO4S. The van der Waals surface area contributed by atoms with E-state index in [9.17, 15) is 9.59 Å². The van der Waals surface area contributed by atoms with Crippen LogP contribution in [0.2, 0.25) is 5.02 Å². The first-order valence-electron chi connectivity index (χ1n) is 10.2. The Kier molecular flexibility index (Phi) is 4.47. The molecule has 0 spiro atoms. The van der Waals surface area contributed by atoms with Crippen molar-refractivity contribution in [1.82, 2.24) is 4.98 Å². The van der Waals surface area contributed by atoms with Crippen LogP contribution >= 0.6 is 22.9 Å². The average molecular weight is 472 g/mol. The molecule has 0 unspecified atom stereocenters. The summed E-state index contributed by atoms with van der Waals surface area (Å²) < 4.78 is 12.7. The minimum absolute atomic E-state index is 0.161. The van der Waals surface area contributed by atoms with Gasteiger partial charge in [-0.2, -0.15) is 0 Å². The fourth-order valence-corrected chi connectivity index (χ4v) is 5.14. The lowest BCUT2D eigenvalue weighted by molar-refractivity contribution is 0.556. The highest BCUT2D eigenvalue weighted by Gasteiger charge is 2.19. The van der Waals surface area contributed by atoms with E-state index >= 15 is 0 Å². The van der Waals surface area contributed by atoms with Crippen molar-refractivity contribution in [1.29, 1.82) is 0 Å². The summed E-state index contributed by atoms with van der Waals surface area (Å²) in [5, 5.41) is 2.09. The summed E-state index contributed by atoms with van der Waals surface area (Å²) in [6.07, 6.45) is 0. The third-order valence-electron chi connectivity index (χ3n) is 5.60. The van der Waals surface area contributed by atoms with Crippen molar-refractivity contribution in [2.75, 3.05) is 0 Å². The Bertz CT molecular complexity index is 1800. The van der Waals surface area contributed by atoms with Gasteiger partial charge in [0.25, 0.3) is 0 Å². The largest absolute Gasteiger partial charge is 0.460 e. The molecule has 160 valence electrons. The van der Waals surface area contributed by atoms with Crippen LogP contribution in [0.4, 0.5) is 0 Å². The van der Waals surface area contributed by atoms with E-state index in [1.54, 1.807) is 49.4 Å². The SMILES string of the molecule is Cc1oc2c(ccc3oc(=O)c(-c4nc5ccccc5s4)cc32)c(=O)c1-c1ccc(Cl)cc1. The number of nitrogens with zero attached hydrogens (tertiary/aromatic N) is 1. The maximum Gasteiger partial charge on any atom is 0.346 e. The number of hydrogen-bond acceptors (Lipinski definition) is 6. The Morgan fingerprint density at radius 2 is 1.70 bits per heavy atom. The van der Waals surface area contributed by atoms with Gasteiger partial charge in [0.1, 0.15) is 21.9 Å². The molecule has 0 fully saturated rings. The van der Waals surface area contributed by atoms with Crippen LogP contribution in [0.1, 0.15) is 5.76 Å². The summed E-state index contributed by atoms with van der Waals surface area (Å²) in [4.78, 5) is 30.7. The van der Waals surface area contributed by atoms with Crippen molar-refractivity contribution in [3.63, 3.8) is 0 Å². The van der Waals surface area contributed by atoms with Crippen molar-refractivity contribution < 1.29 is 8.83 Å². The Hall–Kier alpha value is -3.74. The van der Waals surface area contributed by atoms with Crippen LogP contribution in [0.25, 0.3) is 53.9 Å². The number of fused-ring (bicyclic) bond motifs is 4. The quantitative estimate of drug-likeness (QED) is 0.205. The van der Waals surface area contributed by atoms with Crippen LogP contribution in [0.15, 0.2) is 85.2 Å². The normalized spacial score (nSPS) is 11.6. The number of halogens is 1. The maximum absolute atomic E-state index is 13.4. The lowest BCUT2D eigenvalue weighted by atomic mass is 10.0. The van der Waals surface area contributed by atoms with Crippen molar-refractivity contribution >= 4 is 55.1 Å². The molecule has 6 aromatic rings. The van der Waals surface area contributed by atoms with Crippen molar-refractivity contribution in [2.24, 2.45) is 0 Å². The second kappa shape index (κ2) is 7.40. The van der Waals surface area contributed by atoms with Crippen molar-refractivity contribution in [2.45, 2.75) is 6.92 Å². The number of rotatable bonds is 2. The van der Waals surface area contributed by atoms with Crippen molar-refractivity contribution in [3.8, 4) is 21.7 Å². The highest BCUT2D eigenvalue weighted by molar-refractivity contribution is 7.21. The van der Waals surface area contributed by atoms with E-state index in [0.717, 1.165) is 15.8 Å². The monoisotopic (exact) mass is 471 g/mol. The zero-order valence-corrected chi connectivity index (χ0v) is 18.8. The Morgan fingerprint density at radius 1 is 0.909 bits per heavy atom. The second-order valence-electron chi connectivity index (χ2n) is 7.66. The molecule has 0 radical (unpaired) electrons. The van der Waals surface area contributed by atoms with E-state index in [0.29, 0.717) is 48.9 Å². The topological polar surface area (TPSA) is 73.3 Å². The molecule has 0 aliphatic rings. The van der Waals surface area contributed by atoms with E-state index in [2.05, 4.69) is 4.98 Å². The Labute approximate surface area is 195 Å². The third-order valence-corrected chi connectivity index (χ3v) is 6.93. The van der Waals surface area contributed by atoms with Gasteiger partial charge in [0.05, 0.1) is 32.1 Å². The molecule has 0 saturated carbocycles. The molecule has 3 aromatic heterocycles. The van der Waals surface area contributed by atoms with Gasteiger partial charge in [-0.25, -0.2) is 9.78 Å². The summed E-state index contributed by atoms with van der Waals surface area (Å²) >= 11 is 7.41. The number of thiazole rings is 1. The molecule has 7 heteroatoms. The molecule has 0 N–H and O–H groups in total. The molecular weight excluding hydrogens is 458 g/mol. The third kappa shape index (κ3) is 3.18. The molecule has 3 aromatic carbocycles. The molecule has 0 aliphatic heterocycles. The van der Waals surface area contributed by atoms with Gasteiger partial charge in [-0.3, -0.25) is 4.79 Å². The fourth-order valence-electron chi connectivity index (χ4n) is 4.04. The van der Waals surface area contributed by atoms with Gasteiger partial charge in [-0.15, -0.1) is 11.3 Å². The first kappa shape index (κ1) is 19.9. The molecule has 33 heavy (non-hydrogen) atoms. The number of aromatic nitrogens is 1. The average Bonchev–Trinajstić information content (AvgIpc) is 3.23. The van der Waals surface area contributed by atoms with Crippen LogP contribution in [0, 0.1) is 6.92 Å². The van der Waals surface area contributed by atoms with E-state index in [1.807, 2.05) is 24.3 Å². The predicted molar refractivity (Wildman–Crippen MR) is 132 cm³/mol. The van der Waals surface area contributed by atoms with Crippen LogP contribution in [0.5, 0.6) is 0 Å². The highest BCUT2D eigenvalue weighted by atomic mass is 35.5. The zero-order chi connectivity index (χ0) is 22.7. The molecule has 0 saturated heterocycles. The van der Waals surface area contributed by atoms with E-state index in [1.165, 1.54) is 11.3 Å². The van der Waals surface area contributed by atoms with Gasteiger partial charge < -0.3 is 8.83 Å². The van der Waals surface area contributed by atoms with Gasteiger partial charge in [-0.05, 0) is 55.0 Å². The first-order chi connectivity index (χ1) is 16.0. The van der Waals surface area contributed by atoms with Crippen LogP contribution in [0.3, 0.4) is 0 Å². The van der Waals surface area contributed by atoms with Gasteiger partial charge >= 0.3 is 5.63 Å². The lowest BCUT2D eigenvalue weighted by Gasteiger charge is -2.09. The van der Waals surface area contributed by atoms with E-state index < -0.39 is 5.63 Å². The van der Waals surface area contributed by atoms with Crippen LogP contribution in [-0.4, -0.2) is 4.98 Å². The number of aryl methyl sites for hydroxylation is 1. The summed E-state index contributed by atoms with van der Waals surface area (Å²) in [5.74, 6) is 0.468. The minimum atomic E-state index is -0.488. The number of benzene rings is 3. The molecule has 6 rings (SSSR count). The summed E-state index contributed by atoms with van der Waals surface area (Å²) in [6, 6.07) is 19.7. The predicted octanol–water partition coefficient (Wildman–Crippen LogP) is 6.80. The molecule has 5 nitrogen and oxygen atoms in total. The van der Waals surface area contributed by atoms with E-state index in [-0.39, 0.29) is 5.43 Å². The molecule has 0 aliphatic carbocycles. The van der Waals surface area contributed by atoms with Crippen LogP contribution in [-0.2, 0) is 0 Å². The van der Waals surface area contributed by atoms with E-state index in [4.69, 9.17) is 20.4 Å². The molecule has 0 bridgehead atoms. The fraction of sp³-hybridized carbons (Fsp3) is 0.0385. The summed E-state index contributed by atoms with van der Waals surface area (Å²) in [7, 11) is 0. The zero-order valence-electron chi connectivity index (χ0n) is 17.2. The van der Waals surface area contributed by atoms with Gasteiger partial charge in [0, 0.05) is 5.02 Å². The first-order valence-corrected chi connectivity index (χ1v) is 11.4. The highest BCUT2D eigenvalue weighted by Crippen LogP contribution is 2.33.